The van der Waals surface area contributed by atoms with Gasteiger partial charge in [0.25, 0.3) is 0 Å². The minimum absolute atomic E-state index is 0.138. The summed E-state index contributed by atoms with van der Waals surface area (Å²) in [5.74, 6) is 0.746. The summed E-state index contributed by atoms with van der Waals surface area (Å²) in [6.45, 7) is 7.40. The Morgan fingerprint density at radius 2 is 2.00 bits per heavy atom. The monoisotopic (exact) mass is 130 g/mol. The van der Waals surface area contributed by atoms with E-state index in [1.54, 1.807) is 0 Å². The van der Waals surface area contributed by atoms with E-state index in [1.807, 2.05) is 6.92 Å². The third-order valence-corrected chi connectivity index (χ3v) is 1.49. The first-order valence-electron chi connectivity index (χ1n) is 3.65. The maximum Gasteiger partial charge on any atom is 0.0517 e. The summed E-state index contributed by atoms with van der Waals surface area (Å²) in [5.41, 5.74) is 5.48. The zero-order valence-electron chi connectivity index (χ0n) is 6.65. The molecular weight excluding hydrogens is 112 g/mol. The maximum absolute atomic E-state index is 5.48. The average molecular weight is 130 g/mol. The van der Waals surface area contributed by atoms with Crippen LogP contribution in [0.1, 0.15) is 27.2 Å². The number of nitrogens with two attached hydrogens (primary N) is 1. The van der Waals surface area contributed by atoms with Crippen LogP contribution in [0.2, 0.25) is 0 Å². The fourth-order valence-electron chi connectivity index (χ4n) is 0.531. The van der Waals surface area contributed by atoms with Crippen molar-refractivity contribution < 1.29 is 0 Å². The highest BCUT2D eigenvalue weighted by Gasteiger charge is 1.97. The number of hydrogen-bond donors (Lipinski definition) is 2. The summed E-state index contributed by atoms with van der Waals surface area (Å²) in [6.07, 6.45) is 1.36. The number of nitrogens with one attached hydrogen (secondary N) is 1. The lowest BCUT2D eigenvalue weighted by atomic mass is 10.1. The molecular formula is C7H18N2. The van der Waals surface area contributed by atoms with Crippen LogP contribution in [-0.4, -0.2) is 12.7 Å². The molecule has 0 aliphatic rings. The van der Waals surface area contributed by atoms with Crippen LogP contribution in [-0.2, 0) is 0 Å². The van der Waals surface area contributed by atoms with Gasteiger partial charge in [-0.2, -0.15) is 0 Å². The molecule has 0 heterocycles. The van der Waals surface area contributed by atoms with Gasteiger partial charge in [0.1, 0.15) is 0 Å². The van der Waals surface area contributed by atoms with Gasteiger partial charge in [-0.1, -0.05) is 20.3 Å². The van der Waals surface area contributed by atoms with E-state index < -0.39 is 0 Å². The van der Waals surface area contributed by atoms with Crippen molar-refractivity contribution in [3.63, 3.8) is 0 Å². The molecule has 0 aromatic carbocycles. The van der Waals surface area contributed by atoms with Crippen LogP contribution >= 0.6 is 0 Å². The maximum atomic E-state index is 5.48. The molecule has 0 aromatic heterocycles. The smallest absolute Gasteiger partial charge is 0.0517 e. The summed E-state index contributed by atoms with van der Waals surface area (Å²) < 4.78 is 0. The molecule has 2 atom stereocenters. The zero-order valence-corrected chi connectivity index (χ0v) is 6.65. The van der Waals surface area contributed by atoms with Gasteiger partial charge in [0, 0.05) is 0 Å². The highest BCUT2D eigenvalue weighted by Crippen LogP contribution is 1.96. The molecule has 0 saturated carbocycles. The molecule has 0 bridgehead atoms. The third-order valence-electron chi connectivity index (χ3n) is 1.49. The molecule has 9 heavy (non-hydrogen) atoms. The van der Waals surface area contributed by atoms with Crippen molar-refractivity contribution >= 4 is 0 Å². The molecule has 56 valence electrons. The van der Waals surface area contributed by atoms with Crippen LogP contribution in [0.3, 0.4) is 0 Å². The summed E-state index contributed by atoms with van der Waals surface area (Å²) in [5, 5.41) is 3.17. The Balaban J connectivity index is 3.06. The average Bonchev–Trinajstić information content (AvgIpc) is 1.83. The molecule has 0 spiro atoms. The summed E-state index contributed by atoms with van der Waals surface area (Å²) in [7, 11) is 0. The van der Waals surface area contributed by atoms with E-state index in [1.165, 1.54) is 6.42 Å². The molecule has 1 unspecified atom stereocenters. The van der Waals surface area contributed by atoms with Crippen LogP contribution in [0.25, 0.3) is 0 Å². The second kappa shape index (κ2) is 4.77. The Kier molecular flexibility index (Phi) is 4.72. The van der Waals surface area contributed by atoms with E-state index in [0.29, 0.717) is 0 Å². The van der Waals surface area contributed by atoms with E-state index in [-0.39, 0.29) is 6.17 Å². The minimum Gasteiger partial charge on any atom is -0.316 e. The highest BCUT2D eigenvalue weighted by molar-refractivity contribution is 4.56. The van der Waals surface area contributed by atoms with Gasteiger partial charge in [0.2, 0.25) is 0 Å². The summed E-state index contributed by atoms with van der Waals surface area (Å²) in [6, 6.07) is 0. The lowest BCUT2D eigenvalue weighted by molar-refractivity contribution is 0.459. The summed E-state index contributed by atoms with van der Waals surface area (Å²) >= 11 is 0. The van der Waals surface area contributed by atoms with Gasteiger partial charge >= 0.3 is 0 Å². The Labute approximate surface area is 57.8 Å². The molecule has 0 aliphatic carbocycles. The van der Waals surface area contributed by atoms with Crippen molar-refractivity contribution in [3.8, 4) is 0 Å². The largest absolute Gasteiger partial charge is 0.316 e. The molecule has 0 amide bonds. The SMILES string of the molecule is CC[C@H](C)CNC(C)N. The standard InChI is InChI=1S/C7H18N2/c1-4-6(2)5-9-7(3)8/h6-7,9H,4-5,8H2,1-3H3/t6-,7?/m0/s1. The molecule has 0 radical (unpaired) electrons. The molecule has 2 heteroatoms. The van der Waals surface area contributed by atoms with Gasteiger partial charge < -0.3 is 11.1 Å². The highest BCUT2D eigenvalue weighted by atomic mass is 15.0. The van der Waals surface area contributed by atoms with Crippen LogP contribution in [0.5, 0.6) is 0 Å². The number of rotatable bonds is 4. The molecule has 3 N–H and O–H groups in total. The van der Waals surface area contributed by atoms with Gasteiger partial charge in [0.15, 0.2) is 0 Å². The Bertz CT molecular complexity index is 61.9. The minimum atomic E-state index is 0.138. The first kappa shape index (κ1) is 8.92. The topological polar surface area (TPSA) is 38.0 Å². The molecule has 0 aliphatic heterocycles. The summed E-state index contributed by atoms with van der Waals surface area (Å²) in [4.78, 5) is 0. The van der Waals surface area contributed by atoms with Crippen molar-refractivity contribution in [1.29, 1.82) is 0 Å². The van der Waals surface area contributed by atoms with Crippen LogP contribution in [0.4, 0.5) is 0 Å². The van der Waals surface area contributed by atoms with Crippen molar-refractivity contribution in [2.75, 3.05) is 6.54 Å². The van der Waals surface area contributed by atoms with Gasteiger partial charge in [-0.25, -0.2) is 0 Å². The van der Waals surface area contributed by atoms with Crippen molar-refractivity contribution in [1.82, 2.24) is 5.32 Å². The fourth-order valence-corrected chi connectivity index (χ4v) is 0.531. The molecule has 0 rings (SSSR count). The first-order valence-corrected chi connectivity index (χ1v) is 3.65. The van der Waals surface area contributed by atoms with E-state index in [0.717, 1.165) is 12.5 Å². The van der Waals surface area contributed by atoms with E-state index >= 15 is 0 Å². The first-order chi connectivity index (χ1) is 4.16. The quantitative estimate of drug-likeness (QED) is 0.555. The second-order valence-corrected chi connectivity index (χ2v) is 2.71. The fraction of sp³-hybridized carbons (Fsp3) is 1.00. The van der Waals surface area contributed by atoms with Crippen molar-refractivity contribution in [2.45, 2.75) is 33.4 Å². The molecule has 2 nitrogen and oxygen atoms in total. The van der Waals surface area contributed by atoms with Gasteiger partial charge in [-0.3, -0.25) is 0 Å². The van der Waals surface area contributed by atoms with Gasteiger partial charge in [-0.05, 0) is 19.4 Å². The van der Waals surface area contributed by atoms with Crippen LogP contribution < -0.4 is 11.1 Å². The third kappa shape index (κ3) is 5.80. The molecule has 0 fully saturated rings. The van der Waals surface area contributed by atoms with Gasteiger partial charge in [-0.15, -0.1) is 0 Å². The number of hydrogen-bond acceptors (Lipinski definition) is 2. The van der Waals surface area contributed by atoms with Gasteiger partial charge in [0.05, 0.1) is 6.17 Å². The van der Waals surface area contributed by atoms with E-state index in [9.17, 15) is 0 Å². The Hall–Kier alpha value is -0.0800. The Morgan fingerprint density at radius 3 is 2.33 bits per heavy atom. The lowest BCUT2D eigenvalue weighted by Crippen LogP contribution is -2.36. The Morgan fingerprint density at radius 1 is 1.44 bits per heavy atom. The van der Waals surface area contributed by atoms with Crippen LogP contribution in [0.15, 0.2) is 0 Å². The van der Waals surface area contributed by atoms with Crippen LogP contribution in [0, 0.1) is 5.92 Å². The normalized spacial score (nSPS) is 17.3. The predicted octanol–water partition coefficient (Wildman–Crippen LogP) is 0.927. The molecule has 0 saturated heterocycles. The molecule has 0 aromatic rings. The lowest BCUT2D eigenvalue weighted by Gasteiger charge is -2.11. The second-order valence-electron chi connectivity index (χ2n) is 2.71. The zero-order chi connectivity index (χ0) is 7.28. The van der Waals surface area contributed by atoms with Crippen molar-refractivity contribution in [2.24, 2.45) is 11.7 Å². The van der Waals surface area contributed by atoms with Crippen molar-refractivity contribution in [3.05, 3.63) is 0 Å². The predicted molar refractivity (Wildman–Crippen MR) is 41.1 cm³/mol. The van der Waals surface area contributed by atoms with E-state index in [4.69, 9.17) is 5.73 Å². The van der Waals surface area contributed by atoms with E-state index in [2.05, 4.69) is 19.2 Å².